The van der Waals surface area contributed by atoms with E-state index in [1.807, 2.05) is 6.07 Å². The molecule has 11 heteroatoms. The zero-order valence-electron chi connectivity index (χ0n) is 18.8. The van der Waals surface area contributed by atoms with Gasteiger partial charge in [-0.1, -0.05) is 18.2 Å². The van der Waals surface area contributed by atoms with Gasteiger partial charge in [-0.05, 0) is 18.4 Å². The molecule has 1 aliphatic rings. The standard InChI is InChI=1S/C24H22FN5O4S/c1-34-20-10-17(25)19(30(32)33)11-18(20)27-24-26-12-21(35-9-8-31)22(28-24)16-13-29-7-3-5-14-4-2-6-15(16)23(14)29/h2,4,6,10-13,31H,3,5,7-9H2,1H3,(H,26,27,28). The van der Waals surface area contributed by atoms with Crippen molar-refractivity contribution in [3.8, 4) is 17.0 Å². The third-order valence-electron chi connectivity index (χ3n) is 5.90. The second-order valence-corrected chi connectivity index (χ2v) is 9.15. The van der Waals surface area contributed by atoms with Crippen molar-refractivity contribution < 1.29 is 19.2 Å². The Balaban J connectivity index is 1.62. The van der Waals surface area contributed by atoms with E-state index in [4.69, 9.17) is 9.72 Å². The molecule has 0 aliphatic carbocycles. The van der Waals surface area contributed by atoms with Crippen LogP contribution in [0.25, 0.3) is 22.2 Å². The monoisotopic (exact) mass is 495 g/mol. The second kappa shape index (κ2) is 9.51. The first kappa shape index (κ1) is 23.1. The van der Waals surface area contributed by atoms with Gasteiger partial charge in [-0.15, -0.1) is 11.8 Å². The first-order valence-electron chi connectivity index (χ1n) is 11.0. The largest absolute Gasteiger partial charge is 0.494 e. The van der Waals surface area contributed by atoms with Gasteiger partial charge in [0.1, 0.15) is 5.75 Å². The van der Waals surface area contributed by atoms with Crippen LogP contribution < -0.4 is 10.1 Å². The number of thioether (sulfide) groups is 1. The van der Waals surface area contributed by atoms with E-state index in [1.165, 1.54) is 30.0 Å². The first-order valence-corrected chi connectivity index (χ1v) is 12.0. The molecule has 2 aromatic heterocycles. The lowest BCUT2D eigenvalue weighted by molar-refractivity contribution is -0.387. The van der Waals surface area contributed by atoms with E-state index in [-0.39, 0.29) is 24.0 Å². The van der Waals surface area contributed by atoms with E-state index in [1.54, 1.807) is 6.20 Å². The summed E-state index contributed by atoms with van der Waals surface area (Å²) in [6, 6.07) is 8.27. The van der Waals surface area contributed by atoms with Crippen molar-refractivity contribution in [3.63, 3.8) is 0 Å². The number of aryl methyl sites for hydroxylation is 2. The Hall–Kier alpha value is -3.70. The highest BCUT2D eigenvalue weighted by Crippen LogP contribution is 2.39. The molecule has 0 saturated heterocycles. The van der Waals surface area contributed by atoms with Crippen molar-refractivity contribution in [2.45, 2.75) is 24.3 Å². The van der Waals surface area contributed by atoms with Gasteiger partial charge in [0, 0.05) is 47.8 Å². The number of para-hydroxylation sites is 1. The average molecular weight is 496 g/mol. The minimum atomic E-state index is -0.996. The molecule has 0 fully saturated rings. The maximum absolute atomic E-state index is 14.1. The third-order valence-corrected chi connectivity index (χ3v) is 6.89. The molecule has 3 heterocycles. The predicted octanol–water partition coefficient (Wildman–Crippen LogP) is 4.93. The fourth-order valence-corrected chi connectivity index (χ4v) is 5.13. The van der Waals surface area contributed by atoms with Crippen LogP contribution in [-0.4, -0.2) is 44.0 Å². The number of hydrogen-bond donors (Lipinski definition) is 2. The minimum Gasteiger partial charge on any atom is -0.494 e. The molecule has 0 radical (unpaired) electrons. The highest BCUT2D eigenvalue weighted by Gasteiger charge is 2.22. The van der Waals surface area contributed by atoms with Crippen molar-refractivity contribution in [1.82, 2.24) is 14.5 Å². The van der Waals surface area contributed by atoms with Crippen LogP contribution >= 0.6 is 11.8 Å². The molecule has 180 valence electrons. The lowest BCUT2D eigenvalue weighted by Crippen LogP contribution is -2.05. The summed E-state index contributed by atoms with van der Waals surface area (Å²) < 4.78 is 21.5. The number of aliphatic hydroxyl groups excluding tert-OH is 1. The van der Waals surface area contributed by atoms with Crippen LogP contribution in [-0.2, 0) is 13.0 Å². The molecule has 0 atom stereocenters. The van der Waals surface area contributed by atoms with Crippen LogP contribution in [0.1, 0.15) is 12.0 Å². The molecule has 0 saturated carbocycles. The topological polar surface area (TPSA) is 115 Å². The van der Waals surface area contributed by atoms with Gasteiger partial charge in [-0.25, -0.2) is 9.97 Å². The highest BCUT2D eigenvalue weighted by molar-refractivity contribution is 7.99. The smallest absolute Gasteiger partial charge is 0.307 e. The van der Waals surface area contributed by atoms with Crippen molar-refractivity contribution in [3.05, 3.63) is 64.2 Å². The van der Waals surface area contributed by atoms with Gasteiger partial charge in [0.15, 0.2) is 0 Å². The van der Waals surface area contributed by atoms with Crippen molar-refractivity contribution in [2.24, 2.45) is 0 Å². The van der Waals surface area contributed by atoms with Gasteiger partial charge in [-0.2, -0.15) is 4.39 Å². The summed E-state index contributed by atoms with van der Waals surface area (Å²) in [5.74, 6) is -0.252. The van der Waals surface area contributed by atoms with Gasteiger partial charge < -0.3 is 19.7 Å². The van der Waals surface area contributed by atoms with Crippen LogP contribution in [0.3, 0.4) is 0 Å². The number of halogens is 1. The quantitative estimate of drug-likeness (QED) is 0.201. The first-order chi connectivity index (χ1) is 17.0. The molecule has 0 unspecified atom stereocenters. The van der Waals surface area contributed by atoms with E-state index < -0.39 is 16.4 Å². The molecule has 9 nitrogen and oxygen atoms in total. The van der Waals surface area contributed by atoms with Gasteiger partial charge in [-0.3, -0.25) is 10.1 Å². The molecule has 5 rings (SSSR count). The third kappa shape index (κ3) is 4.28. The Labute approximate surface area is 204 Å². The van der Waals surface area contributed by atoms with Gasteiger partial charge in [0.2, 0.25) is 11.8 Å². The van der Waals surface area contributed by atoms with E-state index >= 15 is 0 Å². The fraction of sp³-hybridized carbons (Fsp3) is 0.250. The van der Waals surface area contributed by atoms with Gasteiger partial charge in [0.05, 0.1) is 40.4 Å². The summed E-state index contributed by atoms with van der Waals surface area (Å²) in [6.45, 7) is 0.922. The van der Waals surface area contributed by atoms with Crippen molar-refractivity contribution in [1.29, 1.82) is 0 Å². The van der Waals surface area contributed by atoms with Gasteiger partial charge >= 0.3 is 5.69 Å². The molecular formula is C24H22FN5O4S. The van der Waals surface area contributed by atoms with E-state index in [0.29, 0.717) is 11.4 Å². The normalized spacial score (nSPS) is 12.7. The molecule has 0 bridgehead atoms. The zero-order valence-corrected chi connectivity index (χ0v) is 19.6. The van der Waals surface area contributed by atoms with Crippen LogP contribution in [0.2, 0.25) is 0 Å². The molecule has 0 spiro atoms. The number of ether oxygens (including phenoxy) is 1. The number of nitro benzene ring substituents is 1. The molecule has 0 amide bonds. The number of anilines is 2. The molecule has 4 aromatic rings. The maximum atomic E-state index is 14.1. The predicted molar refractivity (Wildman–Crippen MR) is 132 cm³/mol. The van der Waals surface area contributed by atoms with Crippen LogP contribution in [0.15, 0.2) is 47.6 Å². The molecule has 2 N–H and O–H groups in total. The van der Waals surface area contributed by atoms with Crippen LogP contribution in [0, 0.1) is 15.9 Å². The Kier molecular flexibility index (Phi) is 6.27. The Morgan fingerprint density at radius 2 is 2.23 bits per heavy atom. The Morgan fingerprint density at radius 1 is 1.37 bits per heavy atom. The summed E-state index contributed by atoms with van der Waals surface area (Å²) in [4.78, 5) is 20.4. The second-order valence-electron chi connectivity index (χ2n) is 8.02. The number of rotatable bonds is 8. The lowest BCUT2D eigenvalue weighted by atomic mass is 10.0. The molecule has 35 heavy (non-hydrogen) atoms. The maximum Gasteiger partial charge on any atom is 0.307 e. The zero-order chi connectivity index (χ0) is 24.5. The average Bonchev–Trinajstić information content (AvgIpc) is 3.24. The minimum absolute atomic E-state index is 0.00641. The summed E-state index contributed by atoms with van der Waals surface area (Å²) >= 11 is 1.44. The van der Waals surface area contributed by atoms with Gasteiger partial charge in [0.25, 0.3) is 0 Å². The number of methoxy groups -OCH3 is 1. The number of nitro groups is 1. The highest BCUT2D eigenvalue weighted by atomic mass is 32.2. The Bertz CT molecular complexity index is 1440. The molecular weight excluding hydrogens is 473 g/mol. The number of benzene rings is 2. The Morgan fingerprint density at radius 3 is 3.00 bits per heavy atom. The summed E-state index contributed by atoms with van der Waals surface area (Å²) in [6.07, 6.45) is 5.83. The number of aromatic nitrogens is 3. The van der Waals surface area contributed by atoms with E-state index in [0.717, 1.165) is 47.4 Å². The summed E-state index contributed by atoms with van der Waals surface area (Å²) in [5, 5.41) is 24.6. The van der Waals surface area contributed by atoms with E-state index in [9.17, 15) is 19.6 Å². The fourth-order valence-electron chi connectivity index (χ4n) is 4.40. The number of nitrogens with one attached hydrogen (secondary N) is 1. The van der Waals surface area contributed by atoms with Crippen LogP contribution in [0.4, 0.5) is 21.7 Å². The number of aliphatic hydroxyl groups is 1. The van der Waals surface area contributed by atoms with Crippen LogP contribution in [0.5, 0.6) is 5.75 Å². The number of hydrogen-bond acceptors (Lipinski definition) is 8. The number of nitrogens with zero attached hydrogens (tertiary/aromatic N) is 4. The van der Waals surface area contributed by atoms with E-state index in [2.05, 4.69) is 33.2 Å². The lowest BCUT2D eigenvalue weighted by Gasteiger charge is -2.14. The summed E-state index contributed by atoms with van der Waals surface area (Å²) in [5.41, 5.74) is 3.59. The SMILES string of the molecule is COc1cc(F)c([N+](=O)[O-])cc1Nc1ncc(SCCO)c(-c2cn3c4c(cccc24)CCC3)n1. The molecule has 1 aliphatic heterocycles. The summed E-state index contributed by atoms with van der Waals surface area (Å²) in [7, 11) is 1.35. The molecule has 2 aromatic carbocycles. The van der Waals surface area contributed by atoms with Crippen molar-refractivity contribution in [2.75, 3.05) is 24.8 Å². The van der Waals surface area contributed by atoms with Crippen molar-refractivity contribution >= 4 is 40.0 Å².